The zero-order chi connectivity index (χ0) is 26.0. The first kappa shape index (κ1) is 26.3. The summed E-state index contributed by atoms with van der Waals surface area (Å²) in [7, 11) is 1.64. The highest BCUT2D eigenvalue weighted by molar-refractivity contribution is 6.40. The Balaban J connectivity index is 1.40. The van der Waals surface area contributed by atoms with Gasteiger partial charge in [0.25, 0.3) is 17.7 Å². The smallest absolute Gasteiger partial charge is 0.274 e. The van der Waals surface area contributed by atoms with Gasteiger partial charge < -0.3 is 15.5 Å². The van der Waals surface area contributed by atoms with Gasteiger partial charge in [-0.15, -0.1) is 0 Å². The molecule has 0 atom stereocenters. The number of aryl methyl sites for hydroxylation is 1. The lowest BCUT2D eigenvalue weighted by molar-refractivity contribution is 0.0698. The van der Waals surface area contributed by atoms with Crippen molar-refractivity contribution < 1.29 is 14.4 Å². The molecule has 0 saturated carbocycles. The molecule has 1 saturated heterocycles. The molecule has 188 valence electrons. The lowest BCUT2D eigenvalue weighted by Crippen LogP contribution is -2.46. The number of nitrogens with zero attached hydrogens (tertiary/aromatic N) is 3. The summed E-state index contributed by atoms with van der Waals surface area (Å²) < 4.78 is 1.42. The van der Waals surface area contributed by atoms with Crippen LogP contribution >= 0.6 is 46.4 Å². The summed E-state index contributed by atoms with van der Waals surface area (Å²) in [5, 5.41) is 10.8. The number of benzene rings is 2. The van der Waals surface area contributed by atoms with Gasteiger partial charge in [-0.05, 0) is 37.1 Å². The summed E-state index contributed by atoms with van der Waals surface area (Å²) >= 11 is 24.6. The number of hydrogen-bond acceptors (Lipinski definition) is 4. The molecule has 0 aliphatic carbocycles. The Morgan fingerprint density at radius 3 is 1.94 bits per heavy atom. The number of piperidine rings is 1. The van der Waals surface area contributed by atoms with Crippen LogP contribution in [0.2, 0.25) is 20.1 Å². The second kappa shape index (κ2) is 11.1. The molecular weight excluding hydrogens is 548 g/mol. The normalized spacial score (nSPS) is 14.0. The van der Waals surface area contributed by atoms with Gasteiger partial charge in [0, 0.05) is 32.4 Å². The molecule has 3 amide bonds. The predicted molar refractivity (Wildman–Crippen MR) is 140 cm³/mol. The summed E-state index contributed by atoms with van der Waals surface area (Å²) in [6.07, 6.45) is 2.58. The third-order valence-electron chi connectivity index (χ3n) is 5.78. The number of halogens is 4. The Morgan fingerprint density at radius 1 is 0.861 bits per heavy atom. The lowest BCUT2D eigenvalue weighted by atomic mass is 10.0. The molecule has 8 nitrogen and oxygen atoms in total. The van der Waals surface area contributed by atoms with Gasteiger partial charge in [-0.2, -0.15) is 5.10 Å². The fraction of sp³-hybridized carbons (Fsp3) is 0.250. The molecule has 2 aromatic carbocycles. The summed E-state index contributed by atoms with van der Waals surface area (Å²) in [4.78, 5) is 40.4. The van der Waals surface area contributed by atoms with E-state index in [1.807, 2.05) is 0 Å². The minimum atomic E-state index is -0.558. The van der Waals surface area contributed by atoms with E-state index in [2.05, 4.69) is 15.7 Å². The summed E-state index contributed by atoms with van der Waals surface area (Å²) in [5.74, 6) is -1.25. The number of hydrogen-bond donors (Lipinski definition) is 2. The molecule has 1 fully saturated rings. The van der Waals surface area contributed by atoms with Crippen molar-refractivity contribution in [3.63, 3.8) is 0 Å². The fourth-order valence-corrected chi connectivity index (χ4v) is 5.12. The zero-order valence-electron chi connectivity index (χ0n) is 19.0. The van der Waals surface area contributed by atoms with E-state index < -0.39 is 11.8 Å². The van der Waals surface area contributed by atoms with Crippen LogP contribution in [-0.4, -0.2) is 51.5 Å². The molecule has 0 radical (unpaired) electrons. The molecule has 2 N–H and O–H groups in total. The fourth-order valence-electron chi connectivity index (χ4n) is 3.99. The van der Waals surface area contributed by atoms with Crippen molar-refractivity contribution in [2.45, 2.75) is 18.9 Å². The number of aromatic nitrogens is 2. The molecule has 12 heteroatoms. The van der Waals surface area contributed by atoms with Gasteiger partial charge in [-0.3, -0.25) is 19.1 Å². The van der Waals surface area contributed by atoms with Crippen LogP contribution in [0.3, 0.4) is 0 Å². The van der Waals surface area contributed by atoms with Gasteiger partial charge in [0.2, 0.25) is 0 Å². The van der Waals surface area contributed by atoms with Crippen molar-refractivity contribution in [1.29, 1.82) is 0 Å². The van der Waals surface area contributed by atoms with Crippen molar-refractivity contribution in [3.8, 4) is 0 Å². The Morgan fingerprint density at radius 2 is 1.39 bits per heavy atom. The van der Waals surface area contributed by atoms with Gasteiger partial charge in [-0.25, -0.2) is 0 Å². The number of anilines is 1. The van der Waals surface area contributed by atoms with E-state index in [9.17, 15) is 14.4 Å². The third kappa shape index (κ3) is 5.62. The monoisotopic (exact) mass is 567 g/mol. The quantitative estimate of drug-likeness (QED) is 0.435. The van der Waals surface area contributed by atoms with E-state index in [1.165, 1.54) is 10.9 Å². The van der Waals surface area contributed by atoms with E-state index >= 15 is 0 Å². The van der Waals surface area contributed by atoms with Crippen LogP contribution in [0, 0.1) is 0 Å². The van der Waals surface area contributed by atoms with Gasteiger partial charge >= 0.3 is 0 Å². The molecule has 2 heterocycles. The highest BCUT2D eigenvalue weighted by Crippen LogP contribution is 2.28. The second-order valence-corrected chi connectivity index (χ2v) is 9.88. The maximum Gasteiger partial charge on any atom is 0.274 e. The maximum absolute atomic E-state index is 13.0. The Hall–Kier alpha value is -2.78. The van der Waals surface area contributed by atoms with Crippen LogP contribution in [-0.2, 0) is 7.05 Å². The van der Waals surface area contributed by atoms with E-state index in [0.29, 0.717) is 36.0 Å². The minimum absolute atomic E-state index is 0.0513. The molecule has 1 aliphatic heterocycles. The van der Waals surface area contributed by atoms with Crippen molar-refractivity contribution in [3.05, 3.63) is 79.5 Å². The van der Waals surface area contributed by atoms with E-state index in [-0.39, 0.29) is 44.5 Å². The SMILES string of the molecule is Cn1cc(NC(=O)c2c(Cl)cccc2Cl)c(C(=O)NC2CCN(C(=O)c3c(Cl)cccc3Cl)CC2)n1. The van der Waals surface area contributed by atoms with Gasteiger partial charge in [0.15, 0.2) is 5.69 Å². The van der Waals surface area contributed by atoms with Gasteiger partial charge in [0.1, 0.15) is 0 Å². The third-order valence-corrected chi connectivity index (χ3v) is 7.04. The predicted octanol–water partition coefficient (Wildman–Crippen LogP) is 5.32. The van der Waals surface area contributed by atoms with Crippen LogP contribution in [0.25, 0.3) is 0 Å². The van der Waals surface area contributed by atoms with Crippen molar-refractivity contribution >= 4 is 69.8 Å². The summed E-state index contributed by atoms with van der Waals surface area (Å²) in [6.45, 7) is 0.838. The molecule has 0 spiro atoms. The van der Waals surface area contributed by atoms with Crippen molar-refractivity contribution in [2.75, 3.05) is 18.4 Å². The number of carbonyl (C=O) groups excluding carboxylic acids is 3. The largest absolute Gasteiger partial charge is 0.348 e. The molecular formula is C24H21Cl4N5O3. The first-order chi connectivity index (χ1) is 17.2. The molecule has 3 aromatic rings. The number of rotatable bonds is 5. The van der Waals surface area contributed by atoms with E-state index in [0.717, 1.165) is 0 Å². The van der Waals surface area contributed by atoms with Crippen LogP contribution in [0.15, 0.2) is 42.6 Å². The lowest BCUT2D eigenvalue weighted by Gasteiger charge is -2.32. The van der Waals surface area contributed by atoms with E-state index in [4.69, 9.17) is 46.4 Å². The highest BCUT2D eigenvalue weighted by Gasteiger charge is 2.29. The molecule has 1 aliphatic rings. The minimum Gasteiger partial charge on any atom is -0.348 e. The summed E-state index contributed by atoms with van der Waals surface area (Å²) in [6, 6.07) is 9.47. The molecule has 0 bridgehead atoms. The average molecular weight is 569 g/mol. The Bertz CT molecular complexity index is 1290. The Labute approximate surface area is 227 Å². The standard InChI is InChI=1S/C24H21Cl4N5O3/c1-32-12-18(30-22(34)19-14(25)4-2-5-15(19)26)21(31-32)23(35)29-13-8-10-33(11-9-13)24(36)20-16(27)6-3-7-17(20)28/h2-7,12-13H,8-11H2,1H3,(H,29,35)(H,30,34). The van der Waals surface area contributed by atoms with Crippen LogP contribution in [0.5, 0.6) is 0 Å². The molecule has 4 rings (SSSR count). The summed E-state index contributed by atoms with van der Waals surface area (Å²) in [5.41, 5.74) is 0.648. The van der Waals surface area contributed by atoms with Gasteiger partial charge in [0.05, 0.1) is 36.9 Å². The number of amides is 3. The highest BCUT2D eigenvalue weighted by atomic mass is 35.5. The van der Waals surface area contributed by atoms with Gasteiger partial charge in [-0.1, -0.05) is 58.5 Å². The maximum atomic E-state index is 13.0. The second-order valence-electron chi connectivity index (χ2n) is 8.25. The number of nitrogens with one attached hydrogen (secondary N) is 2. The Kier molecular flexibility index (Phi) is 8.10. The first-order valence-electron chi connectivity index (χ1n) is 11.0. The molecule has 36 heavy (non-hydrogen) atoms. The topological polar surface area (TPSA) is 96.3 Å². The van der Waals surface area contributed by atoms with E-state index in [1.54, 1.807) is 48.3 Å². The zero-order valence-corrected chi connectivity index (χ0v) is 22.0. The van der Waals surface area contributed by atoms with Crippen molar-refractivity contribution in [2.24, 2.45) is 7.05 Å². The molecule has 0 unspecified atom stereocenters. The first-order valence-corrected chi connectivity index (χ1v) is 12.5. The molecule has 1 aromatic heterocycles. The number of carbonyl (C=O) groups is 3. The number of likely N-dealkylation sites (tertiary alicyclic amines) is 1. The van der Waals surface area contributed by atoms with Crippen LogP contribution in [0.1, 0.15) is 44.0 Å². The van der Waals surface area contributed by atoms with Crippen molar-refractivity contribution in [1.82, 2.24) is 20.0 Å². The van der Waals surface area contributed by atoms with Crippen LogP contribution in [0.4, 0.5) is 5.69 Å². The van der Waals surface area contributed by atoms with Crippen LogP contribution < -0.4 is 10.6 Å². The average Bonchev–Trinajstić information content (AvgIpc) is 3.19.